The van der Waals surface area contributed by atoms with Gasteiger partial charge in [0.25, 0.3) is 5.91 Å². The minimum absolute atomic E-state index is 0.0173. The van der Waals surface area contributed by atoms with Crippen molar-refractivity contribution in [2.45, 2.75) is 45.1 Å². The lowest BCUT2D eigenvalue weighted by Gasteiger charge is -2.17. The van der Waals surface area contributed by atoms with Gasteiger partial charge in [0, 0.05) is 30.0 Å². The van der Waals surface area contributed by atoms with Crippen LogP contribution in [0, 0.1) is 0 Å². The van der Waals surface area contributed by atoms with E-state index in [4.69, 9.17) is 25.7 Å². The highest BCUT2D eigenvalue weighted by Gasteiger charge is 2.27. The third kappa shape index (κ3) is 6.96. The van der Waals surface area contributed by atoms with Gasteiger partial charge < -0.3 is 36.3 Å². The van der Waals surface area contributed by atoms with E-state index in [1.807, 2.05) is 0 Å². The summed E-state index contributed by atoms with van der Waals surface area (Å²) in [4.78, 5) is 44.8. The Kier molecular flexibility index (Phi) is 9.25. The number of ether oxygens (including phenoxy) is 3. The Balaban J connectivity index is 1.52. The third-order valence-electron chi connectivity index (χ3n) is 5.59. The number of carbonyl (C=O) groups is 3. The molecular weight excluding hydrogens is 468 g/mol. The van der Waals surface area contributed by atoms with E-state index in [2.05, 4.69) is 20.6 Å². The maximum Gasteiger partial charge on any atom is 0.328 e. The average Bonchev–Trinajstić information content (AvgIpc) is 3.25. The Bertz CT molecular complexity index is 1080. The van der Waals surface area contributed by atoms with E-state index >= 15 is 0 Å². The van der Waals surface area contributed by atoms with Gasteiger partial charge in [-0.3, -0.25) is 9.59 Å². The summed E-state index contributed by atoms with van der Waals surface area (Å²) < 4.78 is 15.7. The number of aromatic nitrogens is 2. The number of nitrogens with zero attached hydrogens (tertiary/aromatic N) is 2. The monoisotopic (exact) mass is 500 g/mol. The summed E-state index contributed by atoms with van der Waals surface area (Å²) in [6.45, 7) is 4.85. The molecule has 6 N–H and O–H groups in total. The van der Waals surface area contributed by atoms with Crippen LogP contribution in [0.15, 0.2) is 24.3 Å². The van der Waals surface area contributed by atoms with Crippen LogP contribution < -0.4 is 26.8 Å². The number of nitrogens with two attached hydrogens (primary N) is 2. The molecule has 2 heterocycles. The second-order valence-corrected chi connectivity index (χ2v) is 8.09. The number of benzene rings is 1. The zero-order valence-corrected chi connectivity index (χ0v) is 20.4. The van der Waals surface area contributed by atoms with Crippen molar-refractivity contribution >= 4 is 35.4 Å². The molecule has 12 nitrogen and oxygen atoms in total. The van der Waals surface area contributed by atoms with Crippen LogP contribution in [0.1, 0.15) is 54.9 Å². The quantitative estimate of drug-likeness (QED) is 0.311. The maximum absolute atomic E-state index is 12.7. The third-order valence-corrected chi connectivity index (χ3v) is 5.59. The smallest absolute Gasteiger partial charge is 0.328 e. The first-order valence-electron chi connectivity index (χ1n) is 11.8. The number of amides is 1. The molecule has 1 aromatic carbocycles. The fraction of sp³-hybridized carbons (Fsp3) is 0.458. The van der Waals surface area contributed by atoms with Crippen molar-refractivity contribution in [2.75, 3.05) is 43.1 Å². The number of hydrogen-bond donors (Lipinski definition) is 4. The summed E-state index contributed by atoms with van der Waals surface area (Å²) in [7, 11) is 0. The number of nitrogen functional groups attached to an aromatic ring is 2. The summed E-state index contributed by atoms with van der Waals surface area (Å²) in [6.07, 6.45) is 0.740. The van der Waals surface area contributed by atoms with Gasteiger partial charge in [-0.15, -0.1) is 0 Å². The van der Waals surface area contributed by atoms with Gasteiger partial charge in [-0.1, -0.05) is 0 Å². The molecule has 12 heteroatoms. The molecule has 1 aliphatic heterocycles. The van der Waals surface area contributed by atoms with E-state index in [0.29, 0.717) is 42.5 Å². The van der Waals surface area contributed by atoms with Crippen LogP contribution >= 0.6 is 0 Å². The highest BCUT2D eigenvalue weighted by Crippen LogP contribution is 2.36. The van der Waals surface area contributed by atoms with Gasteiger partial charge in [-0.2, -0.15) is 9.97 Å². The molecule has 0 aliphatic carbocycles. The lowest BCUT2D eigenvalue weighted by atomic mass is 10.0. The number of carbonyl (C=O) groups excluding carboxylic acids is 3. The molecule has 0 fully saturated rings. The predicted molar refractivity (Wildman–Crippen MR) is 132 cm³/mol. The van der Waals surface area contributed by atoms with Crippen molar-refractivity contribution in [3.05, 3.63) is 35.4 Å². The number of hydrogen-bond acceptors (Lipinski definition) is 11. The molecule has 2 aromatic rings. The molecule has 0 saturated heterocycles. The fourth-order valence-corrected chi connectivity index (χ4v) is 3.86. The molecule has 0 radical (unpaired) electrons. The topological polar surface area (TPSA) is 181 Å². The molecule has 1 aromatic heterocycles. The minimum atomic E-state index is -0.965. The van der Waals surface area contributed by atoms with Gasteiger partial charge >= 0.3 is 11.9 Å². The van der Waals surface area contributed by atoms with Crippen LogP contribution in [0.3, 0.4) is 0 Å². The zero-order chi connectivity index (χ0) is 26.1. The van der Waals surface area contributed by atoms with E-state index in [-0.39, 0.29) is 37.9 Å². The number of rotatable bonds is 12. The molecule has 194 valence electrons. The summed E-state index contributed by atoms with van der Waals surface area (Å²) in [6, 6.07) is 5.57. The van der Waals surface area contributed by atoms with Gasteiger partial charge in [-0.25, -0.2) is 4.79 Å². The van der Waals surface area contributed by atoms with E-state index < -0.39 is 23.9 Å². The Labute approximate surface area is 209 Å². The molecule has 0 saturated carbocycles. The molecule has 2 atom stereocenters. The first-order chi connectivity index (χ1) is 17.3. The summed E-state index contributed by atoms with van der Waals surface area (Å²) in [5.41, 5.74) is 12.8. The maximum atomic E-state index is 12.7. The van der Waals surface area contributed by atoms with Gasteiger partial charge in [-0.05, 0) is 51.0 Å². The van der Waals surface area contributed by atoms with Crippen molar-refractivity contribution in [2.24, 2.45) is 0 Å². The summed E-state index contributed by atoms with van der Waals surface area (Å²) in [5.74, 6) is 0.323. The molecule has 1 unspecified atom stereocenters. The fourth-order valence-electron chi connectivity index (χ4n) is 3.86. The SMILES string of the molecule is CCOC(=O)CC[C@@H](NC(=O)c1ccc(OCCC2CNc3nc(N)nc(N)c32)cc1)C(=O)OCC. The largest absolute Gasteiger partial charge is 0.494 e. The number of nitrogens with one attached hydrogen (secondary N) is 2. The molecule has 36 heavy (non-hydrogen) atoms. The molecule has 0 spiro atoms. The molecule has 1 aliphatic rings. The number of fused-ring (bicyclic) bond motifs is 1. The lowest BCUT2D eigenvalue weighted by molar-refractivity contribution is -0.146. The highest BCUT2D eigenvalue weighted by atomic mass is 16.5. The first kappa shape index (κ1) is 26.5. The Morgan fingerprint density at radius 1 is 1.11 bits per heavy atom. The highest BCUT2D eigenvalue weighted by molar-refractivity contribution is 5.97. The van der Waals surface area contributed by atoms with Gasteiger partial charge in [0.1, 0.15) is 23.4 Å². The van der Waals surface area contributed by atoms with E-state index in [1.165, 1.54) is 0 Å². The van der Waals surface area contributed by atoms with Crippen LogP contribution in [0.5, 0.6) is 5.75 Å². The average molecular weight is 501 g/mol. The second-order valence-electron chi connectivity index (χ2n) is 8.09. The van der Waals surface area contributed by atoms with Gasteiger partial charge in [0.15, 0.2) is 0 Å². The van der Waals surface area contributed by atoms with Crippen molar-refractivity contribution in [3.63, 3.8) is 0 Å². The van der Waals surface area contributed by atoms with Crippen LogP contribution in [0.4, 0.5) is 17.6 Å². The van der Waals surface area contributed by atoms with Gasteiger partial charge in [0.05, 0.1) is 19.8 Å². The number of anilines is 3. The first-order valence-corrected chi connectivity index (χ1v) is 11.8. The Morgan fingerprint density at radius 3 is 2.53 bits per heavy atom. The van der Waals surface area contributed by atoms with Crippen LogP contribution in [-0.4, -0.2) is 60.2 Å². The predicted octanol–water partition coefficient (Wildman–Crippen LogP) is 1.62. The minimum Gasteiger partial charge on any atom is -0.494 e. The Morgan fingerprint density at radius 2 is 1.83 bits per heavy atom. The van der Waals surface area contributed by atoms with Crippen molar-refractivity contribution < 1.29 is 28.6 Å². The van der Waals surface area contributed by atoms with Crippen molar-refractivity contribution in [1.29, 1.82) is 0 Å². The van der Waals surface area contributed by atoms with Crippen molar-refractivity contribution in [1.82, 2.24) is 15.3 Å². The standard InChI is InChI=1S/C24H32N6O6/c1-3-34-18(31)10-9-17(23(33)35-4-2)28-22(32)14-5-7-16(8-6-14)36-12-11-15-13-27-21-19(15)20(25)29-24(26)30-21/h5-8,15,17H,3-4,9-13H2,1-2H3,(H,28,32)(H5,25,26,27,29,30)/t15?,17-/m1/s1. The molecule has 1 amide bonds. The number of esters is 2. The van der Waals surface area contributed by atoms with E-state index in [1.54, 1.807) is 38.1 Å². The van der Waals surface area contributed by atoms with Crippen molar-refractivity contribution in [3.8, 4) is 5.75 Å². The van der Waals surface area contributed by atoms with Crippen LogP contribution in [0.25, 0.3) is 0 Å². The van der Waals surface area contributed by atoms with Crippen LogP contribution in [0.2, 0.25) is 0 Å². The normalized spacial score (nSPS) is 14.8. The lowest BCUT2D eigenvalue weighted by Crippen LogP contribution is -2.42. The second kappa shape index (κ2) is 12.6. The molecular formula is C24H32N6O6. The zero-order valence-electron chi connectivity index (χ0n) is 20.4. The summed E-state index contributed by atoms with van der Waals surface area (Å²) >= 11 is 0. The van der Waals surface area contributed by atoms with Gasteiger partial charge in [0.2, 0.25) is 5.95 Å². The van der Waals surface area contributed by atoms with Crippen LogP contribution in [-0.2, 0) is 19.1 Å². The van der Waals surface area contributed by atoms with E-state index in [0.717, 1.165) is 5.56 Å². The molecule has 0 bridgehead atoms. The summed E-state index contributed by atoms with van der Waals surface area (Å²) in [5, 5.41) is 5.82. The Hall–Kier alpha value is -4.09. The van der Waals surface area contributed by atoms with E-state index in [9.17, 15) is 14.4 Å². The molecule has 3 rings (SSSR count).